The van der Waals surface area contributed by atoms with Crippen LogP contribution < -0.4 is 0 Å². The second-order valence-electron chi connectivity index (χ2n) is 4.81. The third-order valence-electron chi connectivity index (χ3n) is 3.70. The van der Waals surface area contributed by atoms with Crippen LogP contribution in [0.25, 0.3) is 11.0 Å². The van der Waals surface area contributed by atoms with Crippen LogP contribution in [0.3, 0.4) is 0 Å². The molecule has 2 heteroatoms. The van der Waals surface area contributed by atoms with Crippen molar-refractivity contribution in [1.82, 2.24) is 0 Å². The van der Waals surface area contributed by atoms with Crippen LogP contribution in [-0.4, -0.2) is 6.61 Å². The van der Waals surface area contributed by atoms with E-state index >= 15 is 0 Å². The summed E-state index contributed by atoms with van der Waals surface area (Å²) < 4.78 is 11.5. The summed E-state index contributed by atoms with van der Waals surface area (Å²) in [4.78, 5) is 0. The molecule has 2 aromatic carbocycles. The fourth-order valence-corrected chi connectivity index (χ4v) is 2.77. The lowest BCUT2D eigenvalue weighted by molar-refractivity contribution is 0.0700. The van der Waals surface area contributed by atoms with Crippen LogP contribution in [0, 0.1) is 6.26 Å². The van der Waals surface area contributed by atoms with E-state index in [-0.39, 0.29) is 6.10 Å². The van der Waals surface area contributed by atoms with Crippen molar-refractivity contribution in [2.45, 2.75) is 12.5 Å². The molecule has 1 radical (unpaired) electrons. The van der Waals surface area contributed by atoms with Crippen molar-refractivity contribution in [2.24, 2.45) is 0 Å². The smallest absolute Gasteiger partial charge is 0.177 e. The maximum absolute atomic E-state index is 5.97. The van der Waals surface area contributed by atoms with Gasteiger partial charge in [-0.05, 0) is 23.6 Å². The van der Waals surface area contributed by atoms with Crippen LogP contribution in [0.15, 0.2) is 52.9 Å². The molecule has 19 heavy (non-hydrogen) atoms. The Labute approximate surface area is 111 Å². The Bertz CT molecular complexity index is 727. The maximum Gasteiger partial charge on any atom is 0.177 e. The summed E-state index contributed by atoms with van der Waals surface area (Å²) in [6.45, 7) is 0.745. The molecule has 2 heterocycles. The van der Waals surface area contributed by atoms with E-state index in [2.05, 4.69) is 36.6 Å². The largest absolute Gasteiger partial charge is 0.452 e. The summed E-state index contributed by atoms with van der Waals surface area (Å²) >= 11 is 0. The molecule has 1 aliphatic rings. The van der Waals surface area contributed by atoms with Crippen molar-refractivity contribution in [3.8, 4) is 0 Å². The van der Waals surface area contributed by atoms with E-state index in [0.717, 1.165) is 29.6 Å². The standard InChI is InChI=1S/C17H13O2/c1-2-6-13-12(5-1)9-10-18-17(13)15-11-19-16-8-4-3-7-14(15)16/h1-8,17H,9-10H2. The minimum Gasteiger partial charge on any atom is -0.452 e. The van der Waals surface area contributed by atoms with Gasteiger partial charge in [-0.25, -0.2) is 0 Å². The topological polar surface area (TPSA) is 22.4 Å². The highest BCUT2D eigenvalue weighted by Crippen LogP contribution is 2.36. The van der Waals surface area contributed by atoms with Gasteiger partial charge in [0.05, 0.1) is 6.61 Å². The average molecular weight is 249 g/mol. The second kappa shape index (κ2) is 4.25. The normalized spacial score (nSPS) is 18.4. The Balaban J connectivity index is 1.90. The van der Waals surface area contributed by atoms with E-state index in [1.165, 1.54) is 11.1 Å². The highest BCUT2D eigenvalue weighted by Gasteiger charge is 2.25. The zero-order valence-electron chi connectivity index (χ0n) is 10.4. The number of fused-ring (bicyclic) bond motifs is 2. The van der Waals surface area contributed by atoms with Crippen LogP contribution in [0.2, 0.25) is 0 Å². The van der Waals surface area contributed by atoms with Gasteiger partial charge >= 0.3 is 0 Å². The fraction of sp³-hybridized carbons (Fsp3) is 0.176. The van der Waals surface area contributed by atoms with E-state index < -0.39 is 0 Å². The van der Waals surface area contributed by atoms with Gasteiger partial charge in [-0.2, -0.15) is 0 Å². The zero-order chi connectivity index (χ0) is 12.7. The molecule has 1 unspecified atom stereocenters. The fourth-order valence-electron chi connectivity index (χ4n) is 2.77. The SMILES string of the molecule is [c]1oc2ccccc2c1C1OCCc2ccccc21. The van der Waals surface area contributed by atoms with Crippen molar-refractivity contribution in [3.05, 3.63) is 71.5 Å². The molecule has 0 spiro atoms. The molecule has 2 nitrogen and oxygen atoms in total. The molecule has 0 N–H and O–H groups in total. The molecule has 0 amide bonds. The predicted molar refractivity (Wildman–Crippen MR) is 73.0 cm³/mol. The van der Waals surface area contributed by atoms with Gasteiger partial charge in [-0.3, -0.25) is 0 Å². The first kappa shape index (κ1) is 10.8. The number of hydrogen-bond donors (Lipinski definition) is 0. The minimum absolute atomic E-state index is 0.0615. The van der Waals surface area contributed by atoms with Gasteiger partial charge in [0.2, 0.25) is 0 Å². The highest BCUT2D eigenvalue weighted by atomic mass is 16.5. The predicted octanol–water partition coefficient (Wildman–Crippen LogP) is 3.90. The monoisotopic (exact) mass is 249 g/mol. The Morgan fingerprint density at radius 3 is 2.84 bits per heavy atom. The van der Waals surface area contributed by atoms with E-state index in [1.54, 1.807) is 0 Å². The lowest BCUT2D eigenvalue weighted by atomic mass is 9.93. The summed E-state index contributed by atoms with van der Waals surface area (Å²) in [6, 6.07) is 16.5. The first-order chi connectivity index (χ1) is 9.43. The van der Waals surface area contributed by atoms with Crippen molar-refractivity contribution < 1.29 is 9.15 Å². The molecule has 1 aliphatic heterocycles. The summed E-state index contributed by atoms with van der Waals surface area (Å²) in [6.07, 6.45) is 3.94. The Kier molecular flexibility index (Phi) is 2.42. The first-order valence-electron chi connectivity index (χ1n) is 6.52. The van der Waals surface area contributed by atoms with Crippen molar-refractivity contribution in [1.29, 1.82) is 0 Å². The number of para-hydroxylation sites is 1. The van der Waals surface area contributed by atoms with Gasteiger partial charge in [-0.1, -0.05) is 42.5 Å². The molecule has 0 saturated heterocycles. The quantitative estimate of drug-likeness (QED) is 0.652. The van der Waals surface area contributed by atoms with Gasteiger partial charge < -0.3 is 9.15 Å². The Morgan fingerprint density at radius 2 is 1.84 bits per heavy atom. The summed E-state index contributed by atoms with van der Waals surface area (Å²) in [5.74, 6) is 0. The lowest BCUT2D eigenvalue weighted by Crippen LogP contribution is -2.16. The molecular weight excluding hydrogens is 236 g/mol. The molecule has 0 saturated carbocycles. The third-order valence-corrected chi connectivity index (χ3v) is 3.70. The van der Waals surface area contributed by atoms with Gasteiger partial charge in [0.15, 0.2) is 6.26 Å². The van der Waals surface area contributed by atoms with Gasteiger partial charge in [0, 0.05) is 10.9 Å². The van der Waals surface area contributed by atoms with Gasteiger partial charge in [0.1, 0.15) is 11.7 Å². The lowest BCUT2D eigenvalue weighted by Gasteiger charge is -2.25. The molecule has 3 aromatic rings. The number of ether oxygens (including phenoxy) is 1. The Hall–Kier alpha value is -2.06. The van der Waals surface area contributed by atoms with Crippen molar-refractivity contribution in [3.63, 3.8) is 0 Å². The number of hydrogen-bond acceptors (Lipinski definition) is 2. The van der Waals surface area contributed by atoms with Crippen LogP contribution in [0.5, 0.6) is 0 Å². The zero-order valence-corrected chi connectivity index (χ0v) is 10.4. The van der Waals surface area contributed by atoms with Gasteiger partial charge in [0.25, 0.3) is 0 Å². The molecule has 1 atom stereocenters. The molecule has 0 aliphatic carbocycles. The van der Waals surface area contributed by atoms with Crippen LogP contribution in [0.4, 0.5) is 0 Å². The van der Waals surface area contributed by atoms with Crippen LogP contribution in [0.1, 0.15) is 22.8 Å². The molecule has 0 bridgehead atoms. The number of benzene rings is 2. The van der Waals surface area contributed by atoms with E-state index in [9.17, 15) is 0 Å². The molecule has 4 rings (SSSR count). The summed E-state index contributed by atoms with van der Waals surface area (Å²) in [7, 11) is 0. The van der Waals surface area contributed by atoms with Crippen LogP contribution >= 0.6 is 0 Å². The molecule has 1 aromatic heterocycles. The first-order valence-corrected chi connectivity index (χ1v) is 6.52. The highest BCUT2D eigenvalue weighted by molar-refractivity contribution is 5.81. The van der Waals surface area contributed by atoms with E-state index in [1.807, 2.05) is 18.2 Å². The average Bonchev–Trinajstić information content (AvgIpc) is 2.90. The van der Waals surface area contributed by atoms with Crippen LogP contribution in [-0.2, 0) is 11.2 Å². The Morgan fingerprint density at radius 1 is 1.00 bits per heavy atom. The summed E-state index contributed by atoms with van der Waals surface area (Å²) in [5.41, 5.74) is 4.46. The molecule has 93 valence electrons. The second-order valence-corrected chi connectivity index (χ2v) is 4.81. The van der Waals surface area contributed by atoms with E-state index in [0.29, 0.717) is 0 Å². The summed E-state index contributed by atoms with van der Waals surface area (Å²) in [5, 5.41) is 1.09. The number of rotatable bonds is 1. The molecular formula is C17H13O2. The minimum atomic E-state index is -0.0615. The third kappa shape index (κ3) is 1.68. The van der Waals surface area contributed by atoms with Crippen molar-refractivity contribution >= 4 is 11.0 Å². The van der Waals surface area contributed by atoms with Gasteiger partial charge in [-0.15, -0.1) is 0 Å². The van der Waals surface area contributed by atoms with Crippen molar-refractivity contribution in [2.75, 3.05) is 6.61 Å². The molecule has 0 fully saturated rings. The maximum atomic E-state index is 5.97. The number of furan rings is 1. The van der Waals surface area contributed by atoms with E-state index in [4.69, 9.17) is 9.15 Å².